The lowest BCUT2D eigenvalue weighted by molar-refractivity contribution is -0.152. The van der Waals surface area contributed by atoms with Crippen molar-refractivity contribution in [1.29, 1.82) is 0 Å². The molecular weight excluding hydrogens is 392 g/mol. The van der Waals surface area contributed by atoms with Crippen LogP contribution < -0.4 is 10.2 Å². The largest absolute Gasteiger partial charge is 0.455 e. The maximum absolute atomic E-state index is 12.7. The molecule has 31 heavy (non-hydrogen) atoms. The molecule has 1 saturated heterocycles. The Morgan fingerprint density at radius 1 is 1.06 bits per heavy atom. The molecule has 1 aliphatic heterocycles. The summed E-state index contributed by atoms with van der Waals surface area (Å²) in [6.45, 7) is 5.91. The van der Waals surface area contributed by atoms with Crippen molar-refractivity contribution in [3.05, 3.63) is 65.2 Å². The molecule has 0 aliphatic carbocycles. The third-order valence-electron chi connectivity index (χ3n) is 5.72. The third-order valence-corrected chi connectivity index (χ3v) is 5.72. The number of benzene rings is 2. The molecule has 0 aromatic heterocycles. The number of nitrogens with zero attached hydrogens (tertiary/aromatic N) is 1. The summed E-state index contributed by atoms with van der Waals surface area (Å²) in [6, 6.07) is 15.4. The number of para-hydroxylation sites is 1. The minimum atomic E-state index is -0.568. The molecule has 1 aliphatic rings. The van der Waals surface area contributed by atoms with Gasteiger partial charge in [-0.3, -0.25) is 14.4 Å². The minimum Gasteiger partial charge on any atom is -0.455 e. The Morgan fingerprint density at radius 3 is 2.32 bits per heavy atom. The number of ether oxygens (including phenoxy) is 1. The highest BCUT2D eigenvalue weighted by molar-refractivity contribution is 6.00. The van der Waals surface area contributed by atoms with Gasteiger partial charge in [-0.15, -0.1) is 0 Å². The van der Waals surface area contributed by atoms with E-state index in [9.17, 15) is 14.4 Å². The minimum absolute atomic E-state index is 0.0836. The van der Waals surface area contributed by atoms with Crippen molar-refractivity contribution in [3.63, 3.8) is 0 Å². The first-order valence-corrected chi connectivity index (χ1v) is 10.9. The lowest BCUT2D eigenvalue weighted by Gasteiger charge is -2.23. The zero-order valence-electron chi connectivity index (χ0n) is 18.4. The van der Waals surface area contributed by atoms with Crippen LogP contribution in [0, 0.1) is 5.92 Å². The normalized spacial score (nSPS) is 16.8. The van der Waals surface area contributed by atoms with Crippen molar-refractivity contribution in [3.8, 4) is 0 Å². The molecule has 0 unspecified atom stereocenters. The van der Waals surface area contributed by atoms with Gasteiger partial charge in [0.15, 0.2) is 6.61 Å². The fourth-order valence-electron chi connectivity index (χ4n) is 4.01. The molecule has 0 saturated carbocycles. The molecule has 0 bridgehead atoms. The van der Waals surface area contributed by atoms with Crippen LogP contribution in [0.2, 0.25) is 0 Å². The Morgan fingerprint density at radius 2 is 1.71 bits per heavy atom. The number of hydrogen-bond acceptors (Lipinski definition) is 4. The predicted molar refractivity (Wildman–Crippen MR) is 120 cm³/mol. The predicted octanol–water partition coefficient (Wildman–Crippen LogP) is 3.58. The number of rotatable bonds is 8. The number of carbonyl (C=O) groups excluding carboxylic acids is 3. The molecule has 3 rings (SSSR count). The first-order valence-electron chi connectivity index (χ1n) is 10.9. The van der Waals surface area contributed by atoms with Gasteiger partial charge in [-0.25, -0.2) is 0 Å². The van der Waals surface area contributed by atoms with E-state index >= 15 is 0 Å². The zero-order valence-corrected chi connectivity index (χ0v) is 18.4. The topological polar surface area (TPSA) is 75.7 Å². The summed E-state index contributed by atoms with van der Waals surface area (Å²) in [4.78, 5) is 39.2. The lowest BCUT2D eigenvalue weighted by Crippen LogP contribution is -2.33. The van der Waals surface area contributed by atoms with E-state index in [0.717, 1.165) is 35.2 Å². The molecule has 6 heteroatoms. The highest BCUT2D eigenvalue weighted by atomic mass is 16.5. The Bertz CT molecular complexity index is 920. The third kappa shape index (κ3) is 5.32. The second kappa shape index (κ2) is 10.2. The molecule has 164 valence electrons. The Kier molecular flexibility index (Phi) is 7.45. The Hall–Kier alpha value is -3.15. The Balaban J connectivity index is 1.58. The van der Waals surface area contributed by atoms with Crippen molar-refractivity contribution in [2.75, 3.05) is 18.1 Å². The fraction of sp³-hybridized carbons (Fsp3) is 0.400. The molecule has 1 fully saturated rings. The van der Waals surface area contributed by atoms with Crippen LogP contribution in [0.1, 0.15) is 49.9 Å². The van der Waals surface area contributed by atoms with Crippen molar-refractivity contribution in [1.82, 2.24) is 5.32 Å². The summed E-state index contributed by atoms with van der Waals surface area (Å²) >= 11 is 0. The first kappa shape index (κ1) is 22.5. The summed E-state index contributed by atoms with van der Waals surface area (Å²) in [5.74, 6) is -1.53. The van der Waals surface area contributed by atoms with Gasteiger partial charge < -0.3 is 15.0 Å². The van der Waals surface area contributed by atoms with Crippen LogP contribution >= 0.6 is 0 Å². The van der Waals surface area contributed by atoms with E-state index in [4.69, 9.17) is 4.74 Å². The SMILES string of the molecule is CCc1cccc(CC)c1N1C[C@H](C(=O)OCC(=O)N[C@H](C)c2ccccc2)CC1=O. The van der Waals surface area contributed by atoms with E-state index in [1.165, 1.54) is 0 Å². The second-order valence-electron chi connectivity index (χ2n) is 7.84. The number of hydrogen-bond donors (Lipinski definition) is 1. The number of aryl methyl sites for hydroxylation is 2. The van der Waals surface area contributed by atoms with Gasteiger partial charge in [-0.05, 0) is 36.5 Å². The van der Waals surface area contributed by atoms with E-state index < -0.39 is 11.9 Å². The van der Waals surface area contributed by atoms with Gasteiger partial charge in [-0.1, -0.05) is 62.4 Å². The van der Waals surface area contributed by atoms with Crippen LogP contribution in [0.15, 0.2) is 48.5 Å². The van der Waals surface area contributed by atoms with Gasteiger partial charge in [0.25, 0.3) is 5.91 Å². The average molecular weight is 423 g/mol. The van der Waals surface area contributed by atoms with Crippen LogP contribution in [-0.2, 0) is 32.0 Å². The van der Waals surface area contributed by atoms with Crippen LogP contribution in [0.4, 0.5) is 5.69 Å². The van der Waals surface area contributed by atoms with Crippen LogP contribution in [-0.4, -0.2) is 30.9 Å². The maximum Gasteiger partial charge on any atom is 0.311 e. The van der Waals surface area contributed by atoms with Gasteiger partial charge in [0.05, 0.1) is 12.0 Å². The average Bonchev–Trinajstić information content (AvgIpc) is 3.18. The number of carbonyl (C=O) groups is 3. The van der Waals surface area contributed by atoms with Gasteiger partial charge in [0, 0.05) is 18.7 Å². The highest BCUT2D eigenvalue weighted by Gasteiger charge is 2.37. The molecular formula is C25H30N2O4. The smallest absolute Gasteiger partial charge is 0.311 e. The molecule has 6 nitrogen and oxygen atoms in total. The summed E-state index contributed by atoms with van der Waals surface area (Å²) in [5, 5.41) is 2.82. The Labute approximate surface area is 183 Å². The molecule has 1 heterocycles. The van der Waals surface area contributed by atoms with E-state index in [1.807, 2.05) is 55.5 Å². The quantitative estimate of drug-likeness (QED) is 0.660. The maximum atomic E-state index is 12.7. The van der Waals surface area contributed by atoms with Crippen LogP contribution in [0.25, 0.3) is 0 Å². The fourth-order valence-corrected chi connectivity index (χ4v) is 4.01. The number of amides is 2. The van der Waals surface area contributed by atoms with Gasteiger partial charge in [-0.2, -0.15) is 0 Å². The summed E-state index contributed by atoms with van der Waals surface area (Å²) in [7, 11) is 0. The standard InChI is InChI=1S/C25H30N2O4/c1-4-18-12-9-13-19(5-2)24(18)27-15-21(14-23(27)29)25(30)31-16-22(28)26-17(3)20-10-7-6-8-11-20/h6-13,17,21H,4-5,14-16H2,1-3H3,(H,26,28)/t17-,21-/m1/s1. The van der Waals surface area contributed by atoms with Gasteiger partial charge in [0.1, 0.15) is 0 Å². The van der Waals surface area contributed by atoms with Crippen molar-refractivity contribution >= 4 is 23.5 Å². The van der Waals surface area contributed by atoms with E-state index in [2.05, 4.69) is 19.2 Å². The highest BCUT2D eigenvalue weighted by Crippen LogP contribution is 2.32. The van der Waals surface area contributed by atoms with Crippen molar-refractivity contribution in [2.24, 2.45) is 5.92 Å². The number of nitrogens with one attached hydrogen (secondary N) is 1. The lowest BCUT2D eigenvalue weighted by atomic mass is 10.0. The van der Waals surface area contributed by atoms with E-state index in [1.54, 1.807) is 4.90 Å². The first-order chi connectivity index (χ1) is 14.9. The molecule has 0 spiro atoms. The molecule has 2 aromatic carbocycles. The molecule has 2 aromatic rings. The summed E-state index contributed by atoms with van der Waals surface area (Å²) < 4.78 is 5.24. The van der Waals surface area contributed by atoms with E-state index in [-0.39, 0.29) is 37.4 Å². The van der Waals surface area contributed by atoms with Gasteiger partial charge >= 0.3 is 5.97 Å². The molecule has 2 atom stereocenters. The van der Waals surface area contributed by atoms with Crippen LogP contribution in [0.5, 0.6) is 0 Å². The summed E-state index contributed by atoms with van der Waals surface area (Å²) in [6.07, 6.45) is 1.71. The number of esters is 1. The van der Waals surface area contributed by atoms with Crippen molar-refractivity contribution < 1.29 is 19.1 Å². The van der Waals surface area contributed by atoms with Crippen LogP contribution in [0.3, 0.4) is 0 Å². The molecule has 0 radical (unpaired) electrons. The van der Waals surface area contributed by atoms with Crippen molar-refractivity contribution in [2.45, 2.75) is 46.1 Å². The molecule has 1 N–H and O–H groups in total. The summed E-state index contributed by atoms with van der Waals surface area (Å²) in [5.41, 5.74) is 4.08. The monoisotopic (exact) mass is 422 g/mol. The van der Waals surface area contributed by atoms with E-state index in [0.29, 0.717) is 0 Å². The molecule has 2 amide bonds. The second-order valence-corrected chi connectivity index (χ2v) is 7.84. The van der Waals surface area contributed by atoms with Gasteiger partial charge in [0.2, 0.25) is 5.91 Å². The number of anilines is 1. The zero-order chi connectivity index (χ0) is 22.4.